The van der Waals surface area contributed by atoms with Crippen LogP contribution in [0.5, 0.6) is 0 Å². The molecule has 0 aromatic carbocycles. The third-order valence-electron chi connectivity index (χ3n) is 2.59. The van der Waals surface area contributed by atoms with E-state index in [1.807, 2.05) is 0 Å². The molecular formula is C11H16N2OS. The van der Waals surface area contributed by atoms with Crippen molar-refractivity contribution in [3.8, 4) is 0 Å². The molecule has 15 heavy (non-hydrogen) atoms. The Balaban J connectivity index is 2.20. The maximum Gasteiger partial charge on any atom is 0.255 e. The SMILES string of the molecule is CC(C)CCc1nc2c(c(=O)[nH]1)CSC2. The number of fused-ring (bicyclic) bond motifs is 1. The molecule has 1 aromatic heterocycles. The zero-order chi connectivity index (χ0) is 10.8. The molecule has 1 aliphatic rings. The van der Waals surface area contributed by atoms with Crippen molar-refractivity contribution in [3.63, 3.8) is 0 Å². The molecule has 0 amide bonds. The average molecular weight is 224 g/mol. The van der Waals surface area contributed by atoms with Gasteiger partial charge in [-0.05, 0) is 12.3 Å². The first-order valence-corrected chi connectivity index (χ1v) is 6.51. The summed E-state index contributed by atoms with van der Waals surface area (Å²) in [7, 11) is 0. The molecule has 4 heteroatoms. The van der Waals surface area contributed by atoms with Crippen molar-refractivity contribution in [1.29, 1.82) is 0 Å². The molecule has 2 heterocycles. The Morgan fingerprint density at radius 2 is 2.27 bits per heavy atom. The Hall–Kier alpha value is -0.770. The van der Waals surface area contributed by atoms with Gasteiger partial charge in [-0.25, -0.2) is 4.98 Å². The zero-order valence-electron chi connectivity index (χ0n) is 9.17. The molecule has 1 aromatic rings. The number of H-pyrrole nitrogens is 1. The van der Waals surface area contributed by atoms with Crippen LogP contribution in [0.25, 0.3) is 0 Å². The Kier molecular flexibility index (Phi) is 3.14. The minimum absolute atomic E-state index is 0.0729. The molecule has 1 N–H and O–H groups in total. The van der Waals surface area contributed by atoms with E-state index in [0.29, 0.717) is 5.92 Å². The van der Waals surface area contributed by atoms with Crippen LogP contribution >= 0.6 is 11.8 Å². The number of nitrogens with zero attached hydrogens (tertiary/aromatic N) is 1. The summed E-state index contributed by atoms with van der Waals surface area (Å²) in [6, 6.07) is 0. The first-order chi connectivity index (χ1) is 7.16. The maximum atomic E-state index is 11.7. The van der Waals surface area contributed by atoms with E-state index >= 15 is 0 Å². The van der Waals surface area contributed by atoms with Gasteiger partial charge in [-0.1, -0.05) is 13.8 Å². The minimum Gasteiger partial charge on any atom is -0.310 e. The third kappa shape index (κ3) is 2.43. The van der Waals surface area contributed by atoms with Gasteiger partial charge in [-0.3, -0.25) is 4.79 Å². The van der Waals surface area contributed by atoms with E-state index in [2.05, 4.69) is 23.8 Å². The van der Waals surface area contributed by atoms with Crippen LogP contribution in [0.1, 0.15) is 37.4 Å². The molecule has 0 fully saturated rings. The molecule has 0 saturated carbocycles. The van der Waals surface area contributed by atoms with Crippen molar-refractivity contribution < 1.29 is 0 Å². The van der Waals surface area contributed by atoms with Gasteiger partial charge in [-0.2, -0.15) is 11.8 Å². The number of rotatable bonds is 3. The van der Waals surface area contributed by atoms with Gasteiger partial charge in [-0.15, -0.1) is 0 Å². The van der Waals surface area contributed by atoms with Gasteiger partial charge >= 0.3 is 0 Å². The van der Waals surface area contributed by atoms with E-state index in [4.69, 9.17) is 0 Å². The Morgan fingerprint density at radius 1 is 1.47 bits per heavy atom. The van der Waals surface area contributed by atoms with E-state index < -0.39 is 0 Å². The molecule has 3 nitrogen and oxygen atoms in total. The molecule has 2 rings (SSSR count). The first kappa shape index (κ1) is 10.7. The van der Waals surface area contributed by atoms with Gasteiger partial charge < -0.3 is 4.98 Å². The highest BCUT2D eigenvalue weighted by molar-refractivity contribution is 7.98. The molecule has 0 radical (unpaired) electrons. The maximum absolute atomic E-state index is 11.7. The van der Waals surface area contributed by atoms with E-state index in [0.717, 1.165) is 41.4 Å². The summed E-state index contributed by atoms with van der Waals surface area (Å²) >= 11 is 1.77. The van der Waals surface area contributed by atoms with Crippen LogP contribution in [0.4, 0.5) is 0 Å². The summed E-state index contributed by atoms with van der Waals surface area (Å²) in [6.45, 7) is 4.36. The quantitative estimate of drug-likeness (QED) is 0.855. The van der Waals surface area contributed by atoms with Crippen LogP contribution < -0.4 is 5.56 Å². The number of hydrogen-bond acceptors (Lipinski definition) is 3. The van der Waals surface area contributed by atoms with E-state index in [9.17, 15) is 4.79 Å². The predicted molar refractivity (Wildman–Crippen MR) is 63.0 cm³/mol. The lowest BCUT2D eigenvalue weighted by Gasteiger charge is -2.05. The molecule has 0 atom stereocenters. The van der Waals surface area contributed by atoms with Crippen molar-refractivity contribution in [2.24, 2.45) is 5.92 Å². The lowest BCUT2D eigenvalue weighted by molar-refractivity contribution is 0.572. The predicted octanol–water partition coefficient (Wildman–Crippen LogP) is 2.11. The van der Waals surface area contributed by atoms with Crippen LogP contribution in [-0.2, 0) is 17.9 Å². The largest absolute Gasteiger partial charge is 0.310 e. The summed E-state index contributed by atoms with van der Waals surface area (Å²) in [5.41, 5.74) is 1.96. The molecule has 82 valence electrons. The number of aromatic nitrogens is 2. The Morgan fingerprint density at radius 3 is 3.00 bits per heavy atom. The van der Waals surface area contributed by atoms with Gasteiger partial charge in [0, 0.05) is 23.5 Å². The fourth-order valence-corrected chi connectivity index (χ4v) is 2.69. The summed E-state index contributed by atoms with van der Waals surface area (Å²) < 4.78 is 0. The van der Waals surface area contributed by atoms with Crippen molar-refractivity contribution in [3.05, 3.63) is 27.4 Å². The second-order valence-corrected chi connectivity index (χ2v) is 5.35. The lowest BCUT2D eigenvalue weighted by atomic mass is 10.1. The van der Waals surface area contributed by atoms with Gasteiger partial charge in [0.15, 0.2) is 0 Å². The molecule has 0 bridgehead atoms. The van der Waals surface area contributed by atoms with Crippen LogP contribution in [0.3, 0.4) is 0 Å². The second-order valence-electron chi connectivity index (χ2n) is 4.36. The van der Waals surface area contributed by atoms with Crippen LogP contribution in [-0.4, -0.2) is 9.97 Å². The summed E-state index contributed by atoms with van der Waals surface area (Å²) in [5.74, 6) is 3.23. The molecule has 0 aliphatic carbocycles. The summed E-state index contributed by atoms with van der Waals surface area (Å²) in [4.78, 5) is 19.1. The fourth-order valence-electron chi connectivity index (χ4n) is 1.66. The topological polar surface area (TPSA) is 45.8 Å². The van der Waals surface area contributed by atoms with Crippen LogP contribution in [0.2, 0.25) is 0 Å². The van der Waals surface area contributed by atoms with Gasteiger partial charge in [0.05, 0.1) is 5.69 Å². The minimum atomic E-state index is 0.0729. The molecule has 0 unspecified atom stereocenters. The van der Waals surface area contributed by atoms with Crippen LogP contribution in [0, 0.1) is 5.92 Å². The normalized spacial score (nSPS) is 14.6. The summed E-state index contributed by atoms with van der Waals surface area (Å²) in [5, 5.41) is 0. The van der Waals surface area contributed by atoms with Crippen molar-refractivity contribution in [2.75, 3.05) is 0 Å². The van der Waals surface area contributed by atoms with E-state index in [-0.39, 0.29) is 5.56 Å². The number of aryl methyl sites for hydroxylation is 1. The van der Waals surface area contributed by atoms with E-state index in [1.165, 1.54) is 0 Å². The highest BCUT2D eigenvalue weighted by Crippen LogP contribution is 2.25. The van der Waals surface area contributed by atoms with Gasteiger partial charge in [0.1, 0.15) is 5.82 Å². The highest BCUT2D eigenvalue weighted by Gasteiger charge is 2.17. The Bertz CT molecular complexity index is 412. The molecule has 0 saturated heterocycles. The van der Waals surface area contributed by atoms with Crippen molar-refractivity contribution >= 4 is 11.8 Å². The fraction of sp³-hybridized carbons (Fsp3) is 0.636. The van der Waals surface area contributed by atoms with Crippen molar-refractivity contribution in [2.45, 2.75) is 38.2 Å². The molecular weight excluding hydrogens is 208 g/mol. The molecule has 0 spiro atoms. The van der Waals surface area contributed by atoms with Crippen molar-refractivity contribution in [1.82, 2.24) is 9.97 Å². The third-order valence-corrected chi connectivity index (χ3v) is 3.56. The monoisotopic (exact) mass is 224 g/mol. The first-order valence-electron chi connectivity index (χ1n) is 5.35. The van der Waals surface area contributed by atoms with Gasteiger partial charge in [0.2, 0.25) is 0 Å². The number of nitrogens with one attached hydrogen (secondary N) is 1. The van der Waals surface area contributed by atoms with Crippen LogP contribution in [0.15, 0.2) is 4.79 Å². The number of aromatic amines is 1. The van der Waals surface area contributed by atoms with Gasteiger partial charge in [0.25, 0.3) is 5.56 Å². The summed E-state index contributed by atoms with van der Waals surface area (Å²) in [6.07, 6.45) is 1.96. The smallest absolute Gasteiger partial charge is 0.255 e. The standard InChI is InChI=1S/C11H16N2OS/c1-7(2)3-4-10-12-9-6-15-5-8(9)11(14)13-10/h7H,3-6H2,1-2H3,(H,12,13,14). The zero-order valence-corrected chi connectivity index (χ0v) is 9.99. The Labute approximate surface area is 93.7 Å². The average Bonchev–Trinajstić information content (AvgIpc) is 2.63. The number of thioether (sulfide) groups is 1. The highest BCUT2D eigenvalue weighted by atomic mass is 32.2. The lowest BCUT2D eigenvalue weighted by Crippen LogP contribution is -2.17. The number of hydrogen-bond donors (Lipinski definition) is 1. The second kappa shape index (κ2) is 4.39. The van der Waals surface area contributed by atoms with E-state index in [1.54, 1.807) is 11.8 Å². The molecule has 1 aliphatic heterocycles.